The van der Waals surface area contributed by atoms with Crippen molar-refractivity contribution in [2.75, 3.05) is 0 Å². The molecule has 2 aliphatic carbocycles. The number of hydrogen-bond donors (Lipinski definition) is 2. The summed E-state index contributed by atoms with van der Waals surface area (Å²) in [4.78, 5) is 40.4. The number of piperidine rings is 1. The molecule has 2 saturated carbocycles. The number of carbonyl (C=O) groups is 3. The second-order valence-corrected chi connectivity index (χ2v) is 10.9. The highest BCUT2D eigenvalue weighted by Crippen LogP contribution is 2.48. The zero-order valence-corrected chi connectivity index (χ0v) is 19.5. The number of benzene rings is 1. The van der Waals surface area contributed by atoms with Gasteiger partial charge in [0, 0.05) is 24.4 Å². The number of rotatable bonds is 5. The third-order valence-corrected chi connectivity index (χ3v) is 7.46. The topological polar surface area (TPSA) is 105 Å². The maximum Gasteiger partial charge on any atom is 0.245 e. The first-order chi connectivity index (χ1) is 15.6. The molecule has 2 heterocycles. The number of amides is 2. The lowest BCUT2D eigenvalue weighted by atomic mass is 9.73. The van der Waals surface area contributed by atoms with Gasteiger partial charge >= 0.3 is 0 Å². The number of para-hydroxylation sites is 1. The van der Waals surface area contributed by atoms with Crippen molar-refractivity contribution in [1.29, 1.82) is 0 Å². The molecular formula is C25H32N4O4. The summed E-state index contributed by atoms with van der Waals surface area (Å²) in [6, 6.07) is 6.93. The van der Waals surface area contributed by atoms with Gasteiger partial charge < -0.3 is 15.3 Å². The van der Waals surface area contributed by atoms with Gasteiger partial charge in [0.1, 0.15) is 18.3 Å². The maximum atomic E-state index is 13.4. The van der Waals surface area contributed by atoms with E-state index in [0.717, 1.165) is 30.2 Å². The second-order valence-electron chi connectivity index (χ2n) is 10.9. The van der Waals surface area contributed by atoms with E-state index in [-0.39, 0.29) is 41.6 Å². The van der Waals surface area contributed by atoms with E-state index >= 15 is 0 Å². The summed E-state index contributed by atoms with van der Waals surface area (Å²) in [6.07, 6.45) is 3.30. The molecular weight excluding hydrogens is 420 g/mol. The van der Waals surface area contributed by atoms with Crippen molar-refractivity contribution in [3.63, 3.8) is 0 Å². The fourth-order valence-electron chi connectivity index (χ4n) is 6.06. The Morgan fingerprint density at radius 3 is 2.64 bits per heavy atom. The first kappa shape index (κ1) is 22.1. The number of fused-ring (bicyclic) bond motifs is 2. The number of nitrogens with one attached hydrogen (secondary N) is 1. The second kappa shape index (κ2) is 7.94. The molecule has 8 heteroatoms. The molecule has 2 amide bonds. The number of ketones is 1. The number of aromatic nitrogens is 2. The highest BCUT2D eigenvalue weighted by molar-refractivity contribution is 6.05. The largest absolute Gasteiger partial charge is 0.393 e. The molecule has 1 aromatic carbocycles. The Kier molecular flexibility index (Phi) is 5.31. The molecule has 0 radical (unpaired) electrons. The fourth-order valence-corrected chi connectivity index (χ4v) is 6.06. The lowest BCUT2D eigenvalue weighted by Gasteiger charge is -2.39. The van der Waals surface area contributed by atoms with Gasteiger partial charge in [0.05, 0.1) is 11.6 Å². The van der Waals surface area contributed by atoms with Gasteiger partial charge in [0.25, 0.3) is 0 Å². The van der Waals surface area contributed by atoms with Gasteiger partial charge in [-0.1, -0.05) is 32.0 Å². The van der Waals surface area contributed by atoms with Gasteiger partial charge in [-0.25, -0.2) is 0 Å². The van der Waals surface area contributed by atoms with Gasteiger partial charge in [-0.05, 0) is 49.5 Å². The molecule has 0 bridgehead atoms. The van der Waals surface area contributed by atoms with Crippen LogP contribution in [0, 0.1) is 11.3 Å². The number of nitrogens with zero attached hydrogens (tertiary/aromatic N) is 3. The molecule has 1 saturated heterocycles. The van der Waals surface area contributed by atoms with Gasteiger partial charge in [0.15, 0.2) is 5.78 Å². The Morgan fingerprint density at radius 2 is 1.91 bits per heavy atom. The van der Waals surface area contributed by atoms with E-state index in [1.54, 1.807) is 9.58 Å². The molecule has 5 rings (SSSR count). The third-order valence-electron chi connectivity index (χ3n) is 7.46. The number of aliphatic hydroxyl groups excluding tert-OH is 1. The number of Topliss-reactive ketones (excluding diaryl/α,β-unsaturated/α-hetero) is 1. The molecule has 0 unspecified atom stereocenters. The van der Waals surface area contributed by atoms with Crippen LogP contribution in [0.5, 0.6) is 0 Å². The SMILES string of the molecule is CC(=O)c1nn(CC(=O)N2[C@@H]3C[C@@H]3C[C@H]2C(=O)N[C@@H]2C[C@H](O)CC(C)(C)C2)c2ccccc12. The van der Waals surface area contributed by atoms with Crippen LogP contribution in [0.25, 0.3) is 10.9 Å². The zero-order valence-electron chi connectivity index (χ0n) is 19.5. The van der Waals surface area contributed by atoms with Crippen LogP contribution in [0.2, 0.25) is 0 Å². The van der Waals surface area contributed by atoms with E-state index in [9.17, 15) is 19.5 Å². The summed E-state index contributed by atoms with van der Waals surface area (Å²) >= 11 is 0. The van der Waals surface area contributed by atoms with Crippen LogP contribution in [0.3, 0.4) is 0 Å². The molecule has 5 atom stereocenters. The van der Waals surface area contributed by atoms with E-state index in [0.29, 0.717) is 24.5 Å². The summed E-state index contributed by atoms with van der Waals surface area (Å²) in [5, 5.41) is 18.5. The van der Waals surface area contributed by atoms with Crippen molar-refractivity contribution >= 4 is 28.5 Å². The predicted octanol–water partition coefficient (Wildman–Crippen LogP) is 2.28. The van der Waals surface area contributed by atoms with Crippen molar-refractivity contribution < 1.29 is 19.5 Å². The summed E-state index contributed by atoms with van der Waals surface area (Å²) in [5.41, 5.74) is 1.07. The Morgan fingerprint density at radius 1 is 1.15 bits per heavy atom. The normalized spacial score (nSPS) is 30.2. The quantitative estimate of drug-likeness (QED) is 0.678. The van der Waals surface area contributed by atoms with Crippen LogP contribution >= 0.6 is 0 Å². The lowest BCUT2D eigenvalue weighted by molar-refractivity contribution is -0.141. The number of aliphatic hydroxyl groups is 1. The zero-order chi connectivity index (χ0) is 23.5. The Balaban J connectivity index is 1.33. The molecule has 3 aliphatic rings. The minimum atomic E-state index is -0.488. The average molecular weight is 453 g/mol. The summed E-state index contributed by atoms with van der Waals surface area (Å²) in [6.45, 7) is 5.69. The monoisotopic (exact) mass is 452 g/mol. The molecule has 2 N–H and O–H groups in total. The molecule has 3 fully saturated rings. The van der Waals surface area contributed by atoms with Crippen molar-refractivity contribution in [3.8, 4) is 0 Å². The van der Waals surface area contributed by atoms with Crippen LogP contribution in [-0.4, -0.2) is 61.6 Å². The van der Waals surface area contributed by atoms with Crippen molar-refractivity contribution in [1.82, 2.24) is 20.0 Å². The Hall–Kier alpha value is -2.74. The molecule has 1 aliphatic heterocycles. The number of likely N-dealkylation sites (tertiary alicyclic amines) is 1. The molecule has 0 spiro atoms. The Bertz CT molecular complexity index is 1120. The van der Waals surface area contributed by atoms with E-state index in [1.165, 1.54) is 6.92 Å². The fraction of sp³-hybridized carbons (Fsp3) is 0.600. The minimum Gasteiger partial charge on any atom is -0.393 e. The Labute approximate surface area is 193 Å². The molecule has 1 aromatic heterocycles. The van der Waals surface area contributed by atoms with E-state index in [4.69, 9.17) is 0 Å². The molecule has 8 nitrogen and oxygen atoms in total. The van der Waals surface area contributed by atoms with Gasteiger partial charge in [-0.3, -0.25) is 19.1 Å². The highest BCUT2D eigenvalue weighted by Gasteiger charge is 2.56. The van der Waals surface area contributed by atoms with Gasteiger partial charge in [-0.15, -0.1) is 0 Å². The van der Waals surface area contributed by atoms with Crippen molar-refractivity contribution in [2.45, 2.75) is 83.6 Å². The predicted molar refractivity (Wildman–Crippen MR) is 122 cm³/mol. The third kappa shape index (κ3) is 4.16. The van der Waals surface area contributed by atoms with Crippen molar-refractivity contribution in [2.24, 2.45) is 11.3 Å². The van der Waals surface area contributed by atoms with Crippen LogP contribution in [-0.2, 0) is 16.1 Å². The molecule has 176 valence electrons. The highest BCUT2D eigenvalue weighted by atomic mass is 16.3. The van der Waals surface area contributed by atoms with Crippen molar-refractivity contribution in [3.05, 3.63) is 30.0 Å². The van der Waals surface area contributed by atoms with Gasteiger partial charge in [-0.2, -0.15) is 5.10 Å². The van der Waals surface area contributed by atoms with Gasteiger partial charge in [0.2, 0.25) is 11.8 Å². The lowest BCUT2D eigenvalue weighted by Crippen LogP contribution is -2.53. The number of carbonyl (C=O) groups excluding carboxylic acids is 3. The van der Waals surface area contributed by atoms with Crippen LogP contribution in [0.1, 0.15) is 63.4 Å². The van der Waals surface area contributed by atoms with E-state index in [1.807, 2.05) is 24.3 Å². The standard InChI is InChI=1S/C25H32N4O4/c1-14(30)23-18-6-4-5-7-19(18)28(27-23)13-22(32)29-20-8-15(20)9-21(29)24(33)26-16-10-17(31)12-25(2,3)11-16/h4-7,15-17,20-21,31H,8-13H2,1-3H3,(H,26,33)/t15-,16-,17+,20-,21+/m1/s1. The van der Waals surface area contributed by atoms with Crippen LogP contribution < -0.4 is 5.32 Å². The summed E-state index contributed by atoms with van der Waals surface area (Å²) < 4.78 is 1.58. The summed E-state index contributed by atoms with van der Waals surface area (Å²) in [7, 11) is 0. The molecule has 33 heavy (non-hydrogen) atoms. The summed E-state index contributed by atoms with van der Waals surface area (Å²) in [5.74, 6) is -0.0383. The smallest absolute Gasteiger partial charge is 0.245 e. The van der Waals surface area contributed by atoms with Crippen LogP contribution in [0.15, 0.2) is 24.3 Å². The average Bonchev–Trinajstić information content (AvgIpc) is 3.22. The van der Waals surface area contributed by atoms with E-state index in [2.05, 4.69) is 24.3 Å². The maximum absolute atomic E-state index is 13.4. The first-order valence-electron chi connectivity index (χ1n) is 11.9. The number of hydrogen-bond acceptors (Lipinski definition) is 5. The van der Waals surface area contributed by atoms with Crippen LogP contribution in [0.4, 0.5) is 0 Å². The minimum absolute atomic E-state index is 0.00400. The first-order valence-corrected chi connectivity index (χ1v) is 11.9. The van der Waals surface area contributed by atoms with E-state index < -0.39 is 12.1 Å². The molecule has 2 aromatic rings.